The summed E-state index contributed by atoms with van der Waals surface area (Å²) in [5, 5.41) is 12.0. The number of nitriles is 1. The van der Waals surface area contributed by atoms with Crippen molar-refractivity contribution in [1.29, 1.82) is 5.26 Å². The number of amides is 2. The second-order valence-corrected chi connectivity index (χ2v) is 13.2. The molecule has 5 rings (SSSR count). The Morgan fingerprint density at radius 1 is 0.935 bits per heavy atom. The van der Waals surface area contributed by atoms with Gasteiger partial charge in [0.25, 0.3) is 21.7 Å². The summed E-state index contributed by atoms with van der Waals surface area (Å²) in [7, 11) is -5.43. The molecule has 46 heavy (non-hydrogen) atoms. The number of benzene rings is 2. The van der Waals surface area contributed by atoms with E-state index >= 15 is 0 Å². The van der Waals surface area contributed by atoms with E-state index in [0.717, 1.165) is 50.2 Å². The van der Waals surface area contributed by atoms with Crippen molar-refractivity contribution in [2.75, 3.05) is 26.2 Å². The number of hydrogen-bond acceptors (Lipinski definition) is 8. The van der Waals surface area contributed by atoms with Crippen LogP contribution < -0.4 is 10.1 Å². The Kier molecular flexibility index (Phi) is 9.93. The molecule has 0 atom stereocenters. The Balaban J connectivity index is 1.05. The molecule has 2 amide bonds. The lowest BCUT2D eigenvalue weighted by Crippen LogP contribution is -2.44. The maximum absolute atomic E-state index is 13.0. The molecule has 2 aromatic carbocycles. The summed E-state index contributed by atoms with van der Waals surface area (Å²) in [4.78, 5) is 33.2. The standard InChI is InChI=1S/C32H32F3N5O5S/c33-32(34,35)46(43,44)28-8-6-26(7-9-28)45-27-13-17-40(18-14-27)31(42)29-10-5-24(20-37-29)30(41)38-25-11-15-39(16-12-25)21-23-3-1-22(19-36)2-4-23/h1-10,20,25,27H,11-18,21H2,(H,38,41). The monoisotopic (exact) mass is 655 g/mol. The topological polar surface area (TPSA) is 133 Å². The largest absolute Gasteiger partial charge is 0.501 e. The summed E-state index contributed by atoms with van der Waals surface area (Å²) >= 11 is 0. The fourth-order valence-electron chi connectivity index (χ4n) is 5.46. The molecule has 1 aromatic heterocycles. The number of sulfone groups is 1. The number of hydrogen-bond donors (Lipinski definition) is 1. The number of halogens is 3. The highest BCUT2D eigenvalue weighted by Crippen LogP contribution is 2.31. The summed E-state index contributed by atoms with van der Waals surface area (Å²) < 4.78 is 67.2. The molecule has 0 spiro atoms. The molecule has 0 radical (unpaired) electrons. The van der Waals surface area contributed by atoms with Crippen LogP contribution in [0.2, 0.25) is 0 Å². The molecule has 0 bridgehead atoms. The molecule has 2 fully saturated rings. The normalized spacial score (nSPS) is 16.9. The highest BCUT2D eigenvalue weighted by atomic mass is 32.2. The lowest BCUT2D eigenvalue weighted by atomic mass is 10.0. The zero-order chi connectivity index (χ0) is 32.9. The van der Waals surface area contributed by atoms with E-state index in [2.05, 4.69) is 21.3 Å². The Labute approximate surface area is 264 Å². The van der Waals surface area contributed by atoms with Crippen molar-refractivity contribution < 1.29 is 35.9 Å². The van der Waals surface area contributed by atoms with Crippen LogP contribution in [0.5, 0.6) is 5.75 Å². The first-order valence-corrected chi connectivity index (χ1v) is 16.3. The summed E-state index contributed by atoms with van der Waals surface area (Å²) in [6.07, 6.45) is 3.60. The molecule has 3 aromatic rings. The molecular formula is C32H32F3N5O5S. The van der Waals surface area contributed by atoms with Crippen LogP contribution >= 0.6 is 0 Å². The van der Waals surface area contributed by atoms with Crippen LogP contribution in [-0.2, 0) is 16.4 Å². The van der Waals surface area contributed by atoms with Crippen molar-refractivity contribution in [1.82, 2.24) is 20.1 Å². The number of likely N-dealkylation sites (tertiary alicyclic amines) is 2. The van der Waals surface area contributed by atoms with Gasteiger partial charge in [-0.05, 0) is 66.9 Å². The van der Waals surface area contributed by atoms with Crippen LogP contribution in [0.1, 0.15) is 57.7 Å². The maximum Gasteiger partial charge on any atom is 0.501 e. The molecule has 14 heteroatoms. The molecule has 0 saturated carbocycles. The van der Waals surface area contributed by atoms with Gasteiger partial charge >= 0.3 is 5.51 Å². The van der Waals surface area contributed by atoms with Gasteiger partial charge in [-0.1, -0.05) is 12.1 Å². The van der Waals surface area contributed by atoms with Gasteiger partial charge < -0.3 is 15.0 Å². The third kappa shape index (κ3) is 7.83. The van der Waals surface area contributed by atoms with Gasteiger partial charge in [0.15, 0.2) is 0 Å². The molecular weight excluding hydrogens is 623 g/mol. The Bertz CT molecular complexity index is 1680. The van der Waals surface area contributed by atoms with E-state index < -0.39 is 20.2 Å². The number of nitrogens with one attached hydrogen (secondary N) is 1. The van der Waals surface area contributed by atoms with E-state index in [9.17, 15) is 31.2 Å². The van der Waals surface area contributed by atoms with Crippen molar-refractivity contribution in [2.45, 2.75) is 54.8 Å². The second-order valence-electron chi connectivity index (χ2n) is 11.3. The number of pyridine rings is 1. The lowest BCUT2D eigenvalue weighted by Gasteiger charge is -2.32. The molecule has 0 aliphatic carbocycles. The predicted molar refractivity (Wildman–Crippen MR) is 160 cm³/mol. The molecule has 10 nitrogen and oxygen atoms in total. The minimum atomic E-state index is -5.43. The van der Waals surface area contributed by atoms with Crippen LogP contribution in [-0.4, -0.2) is 78.8 Å². The van der Waals surface area contributed by atoms with Gasteiger partial charge in [0, 0.05) is 57.8 Å². The van der Waals surface area contributed by atoms with Crippen molar-refractivity contribution in [3.8, 4) is 11.8 Å². The quantitative estimate of drug-likeness (QED) is 0.380. The van der Waals surface area contributed by atoms with Crippen LogP contribution in [0.3, 0.4) is 0 Å². The van der Waals surface area contributed by atoms with E-state index in [1.54, 1.807) is 11.0 Å². The molecule has 2 saturated heterocycles. The molecule has 2 aliphatic heterocycles. The fraction of sp³-hybridized carbons (Fsp3) is 0.375. The van der Waals surface area contributed by atoms with Gasteiger partial charge in [-0.2, -0.15) is 18.4 Å². The summed E-state index contributed by atoms with van der Waals surface area (Å²) in [6.45, 7) is 3.16. The highest BCUT2D eigenvalue weighted by molar-refractivity contribution is 7.92. The Morgan fingerprint density at radius 3 is 2.15 bits per heavy atom. The third-order valence-electron chi connectivity index (χ3n) is 8.13. The number of ether oxygens (including phenoxy) is 1. The number of carbonyl (C=O) groups is 2. The first-order chi connectivity index (χ1) is 21.9. The molecule has 2 aliphatic rings. The highest BCUT2D eigenvalue weighted by Gasteiger charge is 2.46. The fourth-order valence-corrected chi connectivity index (χ4v) is 6.23. The number of aromatic nitrogens is 1. The van der Waals surface area contributed by atoms with Crippen LogP contribution in [0.25, 0.3) is 0 Å². The first kappa shape index (κ1) is 32.9. The second kappa shape index (κ2) is 13.9. The summed E-state index contributed by atoms with van der Waals surface area (Å²) in [6, 6.07) is 16.9. The average Bonchev–Trinajstić information content (AvgIpc) is 3.06. The van der Waals surface area contributed by atoms with Gasteiger partial charge in [-0.3, -0.25) is 19.5 Å². The van der Waals surface area contributed by atoms with Crippen molar-refractivity contribution >= 4 is 21.7 Å². The minimum absolute atomic E-state index is 0.0282. The van der Waals surface area contributed by atoms with E-state index in [1.807, 2.05) is 24.3 Å². The van der Waals surface area contributed by atoms with E-state index in [-0.39, 0.29) is 35.4 Å². The van der Waals surface area contributed by atoms with Gasteiger partial charge in [-0.15, -0.1) is 0 Å². The van der Waals surface area contributed by atoms with Crippen LogP contribution in [0, 0.1) is 11.3 Å². The zero-order valence-electron chi connectivity index (χ0n) is 24.7. The van der Waals surface area contributed by atoms with Gasteiger partial charge in [0.1, 0.15) is 17.5 Å². The van der Waals surface area contributed by atoms with E-state index in [1.165, 1.54) is 24.4 Å². The molecule has 0 unspecified atom stereocenters. The van der Waals surface area contributed by atoms with Gasteiger partial charge in [-0.25, -0.2) is 8.42 Å². The number of carbonyl (C=O) groups excluding carboxylic acids is 2. The van der Waals surface area contributed by atoms with Gasteiger partial charge in [0.2, 0.25) is 0 Å². The number of nitrogens with zero attached hydrogens (tertiary/aromatic N) is 4. The molecule has 1 N–H and O–H groups in total. The third-order valence-corrected chi connectivity index (χ3v) is 9.63. The van der Waals surface area contributed by atoms with Gasteiger partial charge in [0.05, 0.1) is 22.1 Å². The van der Waals surface area contributed by atoms with Crippen molar-refractivity contribution in [3.63, 3.8) is 0 Å². The number of piperidine rings is 2. The number of alkyl halides is 3. The maximum atomic E-state index is 13.0. The van der Waals surface area contributed by atoms with E-state index in [4.69, 9.17) is 10.00 Å². The summed E-state index contributed by atoms with van der Waals surface area (Å²) in [5.41, 5.74) is -3.06. The lowest BCUT2D eigenvalue weighted by molar-refractivity contribution is -0.0436. The summed E-state index contributed by atoms with van der Waals surface area (Å²) in [5.74, 6) is -0.309. The SMILES string of the molecule is N#Cc1ccc(CN2CCC(NC(=O)c3ccc(C(=O)N4CCC(Oc5ccc(S(=O)(=O)C(F)(F)F)cc5)CC4)nc3)CC2)cc1. The average molecular weight is 656 g/mol. The van der Waals surface area contributed by atoms with Crippen LogP contribution in [0.15, 0.2) is 71.8 Å². The van der Waals surface area contributed by atoms with Crippen molar-refractivity contribution in [2.24, 2.45) is 0 Å². The Morgan fingerprint density at radius 2 is 1.59 bits per heavy atom. The first-order valence-electron chi connectivity index (χ1n) is 14.8. The molecule has 3 heterocycles. The number of rotatable bonds is 8. The molecule has 242 valence electrons. The smallest absolute Gasteiger partial charge is 0.490 e. The van der Waals surface area contributed by atoms with E-state index in [0.29, 0.717) is 37.1 Å². The predicted octanol–water partition coefficient (Wildman–Crippen LogP) is 4.32. The Hall–Kier alpha value is -4.48. The minimum Gasteiger partial charge on any atom is -0.490 e. The van der Waals surface area contributed by atoms with Crippen LogP contribution in [0.4, 0.5) is 13.2 Å². The van der Waals surface area contributed by atoms with Crippen molar-refractivity contribution in [3.05, 3.63) is 89.2 Å². The zero-order valence-corrected chi connectivity index (χ0v) is 25.6.